The van der Waals surface area contributed by atoms with Crippen LogP contribution in [-0.4, -0.2) is 14.5 Å². The molecule has 0 heterocycles. The fraction of sp³-hybridized carbons (Fsp3) is 0.308. The second kappa shape index (κ2) is 10.1. The van der Waals surface area contributed by atoms with Gasteiger partial charge in [-0.1, -0.05) is 79.2 Å². The lowest BCUT2D eigenvalue weighted by atomic mass is 9.94. The average molecular weight is 423 g/mol. The zero-order chi connectivity index (χ0) is 21.6. The van der Waals surface area contributed by atoms with E-state index in [2.05, 4.69) is 48.5 Å². The van der Waals surface area contributed by atoms with Crippen molar-refractivity contribution in [2.75, 3.05) is 0 Å². The van der Waals surface area contributed by atoms with Crippen LogP contribution in [0, 0.1) is 6.92 Å². The molecule has 0 radical (unpaired) electrons. The zero-order valence-corrected chi connectivity index (χ0v) is 18.7. The van der Waals surface area contributed by atoms with Gasteiger partial charge in [0.15, 0.2) is 0 Å². The van der Waals surface area contributed by atoms with Gasteiger partial charge in [0.2, 0.25) is 0 Å². The van der Waals surface area contributed by atoms with Crippen molar-refractivity contribution in [3.8, 4) is 0 Å². The van der Waals surface area contributed by atoms with E-state index in [0.717, 1.165) is 30.4 Å². The van der Waals surface area contributed by atoms with E-state index >= 15 is 0 Å². The third-order valence-electron chi connectivity index (χ3n) is 5.57. The molecule has 0 amide bonds. The molecule has 0 aliphatic carbocycles. The van der Waals surface area contributed by atoms with E-state index in [1.165, 1.54) is 11.1 Å². The molecule has 3 rings (SSSR count). The van der Waals surface area contributed by atoms with Crippen LogP contribution in [0.15, 0.2) is 83.8 Å². The van der Waals surface area contributed by atoms with Crippen LogP contribution in [0.5, 0.6) is 0 Å². The van der Waals surface area contributed by atoms with Gasteiger partial charge in [-0.25, -0.2) is 0 Å². The number of hydrogen-bond acceptors (Lipinski definition) is 3. The third-order valence-corrected chi connectivity index (χ3v) is 6.98. The Morgan fingerprint density at radius 2 is 1.33 bits per heavy atom. The molecule has 0 spiro atoms. The summed E-state index contributed by atoms with van der Waals surface area (Å²) in [5.74, 6) is -0.0383. The van der Waals surface area contributed by atoms with Gasteiger partial charge in [0, 0.05) is 5.92 Å². The molecule has 0 bridgehead atoms. The molecule has 30 heavy (non-hydrogen) atoms. The normalized spacial score (nSPS) is 13.7. The summed E-state index contributed by atoms with van der Waals surface area (Å²) in [6.45, 7) is 5.73. The molecule has 0 aromatic heterocycles. The van der Waals surface area contributed by atoms with Crippen molar-refractivity contribution in [2.24, 2.45) is 0 Å². The minimum absolute atomic E-state index is 0.0383. The summed E-state index contributed by atoms with van der Waals surface area (Å²) in [6.07, 6.45) is 2.74. The van der Waals surface area contributed by atoms with Gasteiger partial charge in [0.05, 0.1) is 11.0 Å². The van der Waals surface area contributed by atoms with Crippen molar-refractivity contribution in [1.82, 2.24) is 0 Å². The molecule has 0 saturated heterocycles. The molecule has 4 heteroatoms. The first-order chi connectivity index (χ1) is 14.3. The predicted molar refractivity (Wildman–Crippen MR) is 122 cm³/mol. The highest BCUT2D eigenvalue weighted by Crippen LogP contribution is 2.25. The Bertz CT molecular complexity index is 1020. The predicted octanol–water partition coefficient (Wildman–Crippen LogP) is 6.07. The largest absolute Gasteiger partial charge is 0.297 e. The van der Waals surface area contributed by atoms with Crippen LogP contribution in [0.1, 0.15) is 48.4 Å². The number of aryl methyl sites for hydroxylation is 3. The van der Waals surface area contributed by atoms with Gasteiger partial charge < -0.3 is 0 Å². The standard InChI is InChI=1S/C26H30O3S/c1-20-12-18-26(19-13-20)30(27,28)29-22(3)21(2)25-16-14-24(15-17-25)11-7-10-23-8-5-4-6-9-23/h4-6,8-9,12-19,21-22H,7,10-11H2,1-3H3. The summed E-state index contributed by atoms with van der Waals surface area (Å²) in [4.78, 5) is 0.195. The Hall–Kier alpha value is -2.43. The van der Waals surface area contributed by atoms with Crippen LogP contribution in [0.4, 0.5) is 0 Å². The maximum absolute atomic E-state index is 12.6. The maximum Gasteiger partial charge on any atom is 0.297 e. The third kappa shape index (κ3) is 6.04. The Morgan fingerprint density at radius 3 is 1.93 bits per heavy atom. The first kappa shape index (κ1) is 22.3. The smallest absolute Gasteiger partial charge is 0.263 e. The highest BCUT2D eigenvalue weighted by atomic mass is 32.2. The van der Waals surface area contributed by atoms with Crippen molar-refractivity contribution >= 4 is 10.1 Å². The Morgan fingerprint density at radius 1 is 0.767 bits per heavy atom. The van der Waals surface area contributed by atoms with Crippen molar-refractivity contribution < 1.29 is 12.6 Å². The van der Waals surface area contributed by atoms with Crippen LogP contribution in [-0.2, 0) is 27.1 Å². The van der Waals surface area contributed by atoms with Gasteiger partial charge in [-0.05, 0) is 61.9 Å². The van der Waals surface area contributed by atoms with Gasteiger partial charge in [0.25, 0.3) is 10.1 Å². The average Bonchev–Trinajstić information content (AvgIpc) is 2.74. The van der Waals surface area contributed by atoms with Crippen LogP contribution < -0.4 is 0 Å². The van der Waals surface area contributed by atoms with Crippen molar-refractivity contribution in [3.63, 3.8) is 0 Å². The molecule has 2 unspecified atom stereocenters. The lowest BCUT2D eigenvalue weighted by molar-refractivity contribution is 0.203. The first-order valence-electron chi connectivity index (χ1n) is 10.5. The molecule has 158 valence electrons. The molecule has 0 saturated carbocycles. The van der Waals surface area contributed by atoms with Crippen LogP contribution >= 0.6 is 0 Å². The monoisotopic (exact) mass is 422 g/mol. The summed E-state index contributed by atoms with van der Waals surface area (Å²) < 4.78 is 30.6. The second-order valence-corrected chi connectivity index (χ2v) is 9.51. The summed E-state index contributed by atoms with van der Waals surface area (Å²) in [6, 6.07) is 25.7. The fourth-order valence-corrected chi connectivity index (χ4v) is 4.59. The maximum atomic E-state index is 12.6. The van der Waals surface area contributed by atoms with Crippen molar-refractivity contribution in [2.45, 2.75) is 57.0 Å². The molecular weight excluding hydrogens is 392 g/mol. The van der Waals surface area contributed by atoms with E-state index in [9.17, 15) is 8.42 Å². The molecule has 2 atom stereocenters. The first-order valence-corrected chi connectivity index (χ1v) is 11.9. The van der Waals surface area contributed by atoms with E-state index < -0.39 is 16.2 Å². The van der Waals surface area contributed by atoms with Crippen LogP contribution in [0.2, 0.25) is 0 Å². The highest BCUT2D eigenvalue weighted by molar-refractivity contribution is 7.86. The molecule has 3 nitrogen and oxygen atoms in total. The van der Waals surface area contributed by atoms with E-state index in [1.807, 2.05) is 26.8 Å². The minimum atomic E-state index is -3.78. The Balaban J connectivity index is 1.56. The van der Waals surface area contributed by atoms with Gasteiger partial charge in [-0.3, -0.25) is 4.18 Å². The molecule has 0 aliphatic heterocycles. The topological polar surface area (TPSA) is 43.4 Å². The van der Waals surface area contributed by atoms with Gasteiger partial charge in [-0.2, -0.15) is 8.42 Å². The number of hydrogen-bond donors (Lipinski definition) is 0. The minimum Gasteiger partial charge on any atom is -0.263 e. The van der Waals surface area contributed by atoms with Crippen LogP contribution in [0.25, 0.3) is 0 Å². The van der Waals surface area contributed by atoms with Gasteiger partial charge in [0.1, 0.15) is 0 Å². The van der Waals surface area contributed by atoms with E-state index in [4.69, 9.17) is 4.18 Å². The Kier molecular flexibility index (Phi) is 7.46. The van der Waals surface area contributed by atoms with Crippen LogP contribution in [0.3, 0.4) is 0 Å². The molecule has 3 aromatic rings. The highest BCUT2D eigenvalue weighted by Gasteiger charge is 2.23. The molecule has 0 fully saturated rings. The van der Waals surface area contributed by atoms with Crippen molar-refractivity contribution in [1.29, 1.82) is 0 Å². The lowest BCUT2D eigenvalue weighted by Crippen LogP contribution is -2.21. The SMILES string of the molecule is Cc1ccc(S(=O)(=O)OC(C)C(C)c2ccc(CCCc3ccccc3)cc2)cc1. The quantitative estimate of drug-likeness (QED) is 0.393. The number of benzene rings is 3. The van der Waals surface area contributed by atoms with Crippen molar-refractivity contribution in [3.05, 3.63) is 101 Å². The Labute approximate surface area is 180 Å². The van der Waals surface area contributed by atoms with Gasteiger partial charge in [-0.15, -0.1) is 0 Å². The molecule has 0 aliphatic rings. The summed E-state index contributed by atoms with van der Waals surface area (Å²) in [7, 11) is -3.78. The van der Waals surface area contributed by atoms with Gasteiger partial charge >= 0.3 is 0 Å². The number of rotatable bonds is 9. The second-order valence-electron chi connectivity index (χ2n) is 7.94. The summed E-state index contributed by atoms with van der Waals surface area (Å²) in [5.41, 5.74) is 4.75. The van der Waals surface area contributed by atoms with E-state index in [0.29, 0.717) is 0 Å². The van der Waals surface area contributed by atoms with E-state index in [-0.39, 0.29) is 10.8 Å². The summed E-state index contributed by atoms with van der Waals surface area (Å²) in [5, 5.41) is 0. The molecule has 3 aromatic carbocycles. The lowest BCUT2D eigenvalue weighted by Gasteiger charge is -2.21. The van der Waals surface area contributed by atoms with E-state index in [1.54, 1.807) is 24.3 Å². The zero-order valence-electron chi connectivity index (χ0n) is 17.9. The fourth-order valence-electron chi connectivity index (χ4n) is 3.44. The molecular formula is C26H30O3S. The summed E-state index contributed by atoms with van der Waals surface area (Å²) >= 11 is 0. The molecule has 0 N–H and O–H groups in total.